The highest BCUT2D eigenvalue weighted by atomic mass is 16.5. The highest BCUT2D eigenvalue weighted by Gasteiger charge is 2.54. The second-order valence-electron chi connectivity index (χ2n) is 9.01. The number of ether oxygens (including phenoxy) is 2. The average Bonchev–Trinajstić information content (AvgIpc) is 3.25. The maximum absolute atomic E-state index is 13.4. The Balaban J connectivity index is 1.16. The largest absolute Gasteiger partial charge is 0.497 e. The zero-order chi connectivity index (χ0) is 22.8. The molecule has 0 bridgehead atoms. The van der Waals surface area contributed by atoms with Gasteiger partial charge in [-0.15, -0.1) is 0 Å². The van der Waals surface area contributed by atoms with Crippen LogP contribution in [-0.4, -0.2) is 47.8 Å². The Morgan fingerprint density at radius 3 is 2.73 bits per heavy atom. The molecule has 1 unspecified atom stereocenters. The first-order valence-electron chi connectivity index (χ1n) is 11.5. The van der Waals surface area contributed by atoms with Gasteiger partial charge in [-0.1, -0.05) is 29.4 Å². The van der Waals surface area contributed by atoms with Gasteiger partial charge in [0.05, 0.1) is 25.0 Å². The van der Waals surface area contributed by atoms with Crippen LogP contribution in [0.1, 0.15) is 48.0 Å². The molecule has 1 aromatic heterocycles. The molecule has 1 saturated carbocycles. The van der Waals surface area contributed by atoms with Crippen molar-refractivity contribution in [1.82, 2.24) is 15.0 Å². The molecular weight excluding hydrogens is 418 g/mol. The van der Waals surface area contributed by atoms with Crippen LogP contribution < -0.4 is 9.47 Å². The summed E-state index contributed by atoms with van der Waals surface area (Å²) in [6.07, 6.45) is 3.20. The minimum absolute atomic E-state index is 0.0829. The first-order valence-corrected chi connectivity index (χ1v) is 11.5. The van der Waals surface area contributed by atoms with E-state index in [1.807, 2.05) is 60.4 Å². The van der Waals surface area contributed by atoms with Gasteiger partial charge in [-0.3, -0.25) is 4.79 Å². The molecule has 1 amide bonds. The van der Waals surface area contributed by atoms with Crippen LogP contribution in [0.15, 0.2) is 53.1 Å². The van der Waals surface area contributed by atoms with Gasteiger partial charge in [-0.05, 0) is 61.6 Å². The van der Waals surface area contributed by atoms with Gasteiger partial charge in [0.15, 0.2) is 5.82 Å². The summed E-state index contributed by atoms with van der Waals surface area (Å²) < 4.78 is 16.6. The van der Waals surface area contributed by atoms with Gasteiger partial charge < -0.3 is 18.9 Å². The smallest absolute Gasteiger partial charge is 0.233 e. The molecule has 7 nitrogen and oxygen atoms in total. The van der Waals surface area contributed by atoms with Crippen molar-refractivity contribution in [2.75, 3.05) is 26.8 Å². The molecule has 0 radical (unpaired) electrons. The molecule has 7 heteroatoms. The molecule has 3 aromatic rings. The van der Waals surface area contributed by atoms with Crippen molar-refractivity contribution in [2.45, 2.75) is 43.9 Å². The lowest BCUT2D eigenvalue weighted by Crippen LogP contribution is -2.37. The topological polar surface area (TPSA) is 77.7 Å². The van der Waals surface area contributed by atoms with E-state index in [0.29, 0.717) is 31.3 Å². The second kappa shape index (κ2) is 8.89. The van der Waals surface area contributed by atoms with Crippen molar-refractivity contribution in [1.29, 1.82) is 0 Å². The summed E-state index contributed by atoms with van der Waals surface area (Å²) >= 11 is 0. The molecule has 1 aliphatic heterocycles. The van der Waals surface area contributed by atoms with E-state index >= 15 is 0 Å². The predicted octanol–water partition coefficient (Wildman–Crippen LogP) is 4.06. The van der Waals surface area contributed by atoms with E-state index in [4.69, 9.17) is 14.0 Å². The van der Waals surface area contributed by atoms with Gasteiger partial charge in [0.2, 0.25) is 11.8 Å². The van der Waals surface area contributed by atoms with Crippen molar-refractivity contribution in [3.05, 3.63) is 71.4 Å². The lowest BCUT2D eigenvalue weighted by atomic mass is 9.94. The number of aryl methyl sites for hydroxylation is 1. The summed E-state index contributed by atoms with van der Waals surface area (Å²) in [7, 11) is 1.65. The number of benzene rings is 2. The summed E-state index contributed by atoms with van der Waals surface area (Å²) in [4.78, 5) is 19.9. The number of hydrogen-bond donors (Lipinski definition) is 0. The van der Waals surface area contributed by atoms with Crippen LogP contribution in [0.5, 0.6) is 11.5 Å². The van der Waals surface area contributed by atoms with Crippen molar-refractivity contribution < 1.29 is 18.8 Å². The number of likely N-dealkylation sites (tertiary alicyclic amines) is 1. The first-order chi connectivity index (χ1) is 16.1. The Morgan fingerprint density at radius 2 is 2.00 bits per heavy atom. The van der Waals surface area contributed by atoms with Gasteiger partial charge in [-0.25, -0.2) is 0 Å². The maximum atomic E-state index is 13.4. The van der Waals surface area contributed by atoms with E-state index in [1.165, 1.54) is 0 Å². The van der Waals surface area contributed by atoms with Crippen LogP contribution in [-0.2, 0) is 16.6 Å². The number of amides is 1. The van der Waals surface area contributed by atoms with E-state index in [0.717, 1.165) is 48.4 Å². The minimum Gasteiger partial charge on any atom is -0.497 e. The summed E-state index contributed by atoms with van der Waals surface area (Å²) in [6.45, 7) is 3.87. The summed E-state index contributed by atoms with van der Waals surface area (Å²) in [5.74, 6) is 3.19. The number of aromatic nitrogens is 2. The number of rotatable bonds is 8. The third-order valence-electron chi connectivity index (χ3n) is 6.69. The average molecular weight is 448 g/mol. The lowest BCUT2D eigenvalue weighted by Gasteiger charge is -2.23. The van der Waals surface area contributed by atoms with E-state index in [1.54, 1.807) is 7.11 Å². The maximum Gasteiger partial charge on any atom is 0.233 e. The third-order valence-corrected chi connectivity index (χ3v) is 6.69. The van der Waals surface area contributed by atoms with E-state index in [9.17, 15) is 4.79 Å². The van der Waals surface area contributed by atoms with Gasteiger partial charge in [0.25, 0.3) is 0 Å². The normalized spacial score (nSPS) is 18.8. The highest BCUT2D eigenvalue weighted by molar-refractivity contribution is 5.91. The summed E-state index contributed by atoms with van der Waals surface area (Å²) in [5, 5.41) is 4.12. The fourth-order valence-electron chi connectivity index (χ4n) is 4.61. The fraction of sp³-hybridized carbons (Fsp3) is 0.423. The van der Waals surface area contributed by atoms with E-state index < -0.39 is 0 Å². The number of nitrogens with zero attached hydrogens (tertiary/aromatic N) is 3. The molecule has 5 rings (SSSR count). The zero-order valence-electron chi connectivity index (χ0n) is 19.1. The molecule has 1 saturated heterocycles. The Kier molecular flexibility index (Phi) is 5.79. The first kappa shape index (κ1) is 21.5. The standard InChI is InChI=1S/C26H29N3O4/c1-18-4-3-5-22(16-18)32-15-11-23-27-24(33-28-23)19-10-14-29(17-19)25(30)26(12-13-26)20-6-8-21(31-2)9-7-20/h3-9,16,19H,10-15,17H2,1-2H3. The molecule has 2 heterocycles. The molecule has 33 heavy (non-hydrogen) atoms. The van der Waals surface area contributed by atoms with Gasteiger partial charge in [0.1, 0.15) is 11.5 Å². The monoisotopic (exact) mass is 447 g/mol. The number of carbonyl (C=O) groups is 1. The van der Waals surface area contributed by atoms with Gasteiger partial charge in [0, 0.05) is 19.5 Å². The summed E-state index contributed by atoms with van der Waals surface area (Å²) in [6, 6.07) is 15.8. The molecule has 2 fully saturated rings. The Bertz CT molecular complexity index is 1120. The predicted molar refractivity (Wildman–Crippen MR) is 123 cm³/mol. The zero-order valence-corrected chi connectivity index (χ0v) is 19.1. The quantitative estimate of drug-likeness (QED) is 0.518. The van der Waals surface area contributed by atoms with Crippen LogP contribution in [0.4, 0.5) is 0 Å². The molecule has 0 spiro atoms. The summed E-state index contributed by atoms with van der Waals surface area (Å²) in [5.41, 5.74) is 1.86. The lowest BCUT2D eigenvalue weighted by molar-refractivity contribution is -0.132. The Morgan fingerprint density at radius 1 is 1.18 bits per heavy atom. The molecule has 2 aromatic carbocycles. The highest BCUT2D eigenvalue weighted by Crippen LogP contribution is 2.50. The molecule has 172 valence electrons. The molecule has 1 aliphatic carbocycles. The Labute approximate surface area is 193 Å². The minimum atomic E-state index is -0.381. The molecular formula is C26H29N3O4. The number of hydrogen-bond acceptors (Lipinski definition) is 6. The van der Waals surface area contributed by atoms with Crippen molar-refractivity contribution in [2.24, 2.45) is 0 Å². The van der Waals surface area contributed by atoms with Crippen LogP contribution in [0.2, 0.25) is 0 Å². The van der Waals surface area contributed by atoms with Crippen LogP contribution in [0.25, 0.3) is 0 Å². The van der Waals surface area contributed by atoms with E-state index in [2.05, 4.69) is 10.1 Å². The molecule has 2 aliphatic rings. The van der Waals surface area contributed by atoms with Gasteiger partial charge in [-0.2, -0.15) is 4.98 Å². The SMILES string of the molecule is COc1ccc(C2(C(=O)N3CCC(c4nc(CCOc5cccc(C)c5)no4)C3)CC2)cc1. The van der Waals surface area contributed by atoms with E-state index in [-0.39, 0.29) is 17.2 Å². The van der Waals surface area contributed by atoms with Gasteiger partial charge >= 0.3 is 0 Å². The van der Waals surface area contributed by atoms with Crippen molar-refractivity contribution >= 4 is 5.91 Å². The van der Waals surface area contributed by atoms with Crippen LogP contribution in [0.3, 0.4) is 0 Å². The van der Waals surface area contributed by atoms with Crippen molar-refractivity contribution in [3.8, 4) is 11.5 Å². The Hall–Kier alpha value is -3.35. The number of carbonyl (C=O) groups excluding carboxylic acids is 1. The molecule has 1 atom stereocenters. The fourth-order valence-corrected chi connectivity index (χ4v) is 4.61. The van der Waals surface area contributed by atoms with Crippen LogP contribution in [0, 0.1) is 6.92 Å². The molecule has 0 N–H and O–H groups in total. The third kappa shape index (κ3) is 4.45. The van der Waals surface area contributed by atoms with Crippen molar-refractivity contribution in [3.63, 3.8) is 0 Å². The second-order valence-corrected chi connectivity index (χ2v) is 9.01. The van der Waals surface area contributed by atoms with Crippen LogP contribution >= 0.6 is 0 Å². The number of methoxy groups -OCH3 is 1.